The Hall–Kier alpha value is -2.23. The van der Waals surface area contributed by atoms with Crippen molar-refractivity contribution in [2.24, 2.45) is 4.99 Å². The number of carbonyl (C=O) groups is 1. The average molecular weight is 507 g/mol. The number of nitrogens with one attached hydrogen (secondary N) is 2. The molecule has 1 saturated carbocycles. The summed E-state index contributed by atoms with van der Waals surface area (Å²) in [7, 11) is 0. The van der Waals surface area contributed by atoms with Gasteiger partial charge in [-0.1, -0.05) is 28.2 Å². The highest BCUT2D eigenvalue weighted by Gasteiger charge is 2.38. The first-order valence-electron chi connectivity index (χ1n) is 9.54. The van der Waals surface area contributed by atoms with Gasteiger partial charge in [-0.25, -0.2) is 9.97 Å². The van der Waals surface area contributed by atoms with Gasteiger partial charge < -0.3 is 15.1 Å². The van der Waals surface area contributed by atoms with E-state index >= 15 is 0 Å². The molecule has 1 atom stereocenters. The molecule has 1 amide bonds. The summed E-state index contributed by atoms with van der Waals surface area (Å²) in [4.78, 5) is 26.0. The zero-order valence-electron chi connectivity index (χ0n) is 17.3. The van der Waals surface area contributed by atoms with Crippen LogP contribution in [-0.4, -0.2) is 33.7 Å². The monoisotopic (exact) mass is 507 g/mol. The van der Waals surface area contributed by atoms with Gasteiger partial charge in [0.2, 0.25) is 5.71 Å². The van der Waals surface area contributed by atoms with Crippen LogP contribution in [0.3, 0.4) is 0 Å². The number of amides is 1. The summed E-state index contributed by atoms with van der Waals surface area (Å²) in [5.41, 5.74) is 2.91. The lowest BCUT2D eigenvalue weighted by Gasteiger charge is -2.16. The highest BCUT2D eigenvalue weighted by Crippen LogP contribution is 2.40. The van der Waals surface area contributed by atoms with Crippen molar-refractivity contribution < 1.29 is 9.21 Å². The minimum atomic E-state index is -0.223. The summed E-state index contributed by atoms with van der Waals surface area (Å²) < 4.78 is 7.67. The summed E-state index contributed by atoms with van der Waals surface area (Å²) in [6.07, 6.45) is 7.15. The van der Waals surface area contributed by atoms with Crippen LogP contribution in [0.15, 0.2) is 37.2 Å². The Kier molecular flexibility index (Phi) is 6.40. The van der Waals surface area contributed by atoms with Crippen LogP contribution in [0.5, 0.6) is 0 Å². The number of aromatic nitrogens is 2. The van der Waals surface area contributed by atoms with Gasteiger partial charge in [0.25, 0.3) is 5.91 Å². The Labute approximate surface area is 184 Å². The number of aryl methyl sites for hydroxylation is 1. The van der Waals surface area contributed by atoms with Crippen LogP contribution in [0.4, 0.5) is 5.82 Å². The lowest BCUT2D eigenvalue weighted by atomic mass is 10.1. The Morgan fingerprint density at radius 1 is 1.38 bits per heavy atom. The van der Waals surface area contributed by atoms with Gasteiger partial charge in [0.1, 0.15) is 17.9 Å². The number of aliphatic imine (C=N–C) groups is 1. The van der Waals surface area contributed by atoms with E-state index in [1.165, 1.54) is 6.33 Å². The van der Waals surface area contributed by atoms with Crippen molar-refractivity contribution >= 4 is 51.6 Å². The molecule has 154 valence electrons. The maximum atomic E-state index is 13.1. The molecular weight excluding hydrogens is 481 g/mol. The van der Waals surface area contributed by atoms with Gasteiger partial charge >= 0.3 is 0 Å². The Balaban J connectivity index is 1.88. The topological polar surface area (TPSA) is 92.4 Å². The van der Waals surface area contributed by atoms with Gasteiger partial charge in [-0.3, -0.25) is 9.79 Å². The van der Waals surface area contributed by atoms with E-state index in [-0.39, 0.29) is 17.5 Å². The zero-order valence-corrected chi connectivity index (χ0v) is 19.5. The van der Waals surface area contributed by atoms with Gasteiger partial charge in [0.05, 0.1) is 17.0 Å². The standard InChI is InChI=1S/C21H26IN5O2/c1-12(2)9-23-10-15(8-22)13(3)26-19(28)16-14(4)29-20-17(16)18(24-11-25-20)27-21(5)6-7-21/h8-11,13H,6-7H2,1-5H3,(H,26,28)(H,24,25,27)/b15-8+,23-10-. The lowest BCUT2D eigenvalue weighted by molar-refractivity contribution is 0.0946. The maximum absolute atomic E-state index is 13.1. The smallest absolute Gasteiger partial charge is 0.256 e. The quantitative estimate of drug-likeness (QED) is 0.410. The number of allylic oxidation sites excluding steroid dienone is 1. The fraction of sp³-hybridized carbons (Fsp3) is 0.429. The van der Waals surface area contributed by atoms with E-state index in [2.05, 4.69) is 55.1 Å². The number of furan rings is 1. The van der Waals surface area contributed by atoms with Crippen molar-refractivity contribution in [2.75, 3.05) is 5.32 Å². The maximum Gasteiger partial charge on any atom is 0.256 e. The van der Waals surface area contributed by atoms with Crippen molar-refractivity contribution in [3.05, 3.63) is 39.1 Å². The van der Waals surface area contributed by atoms with Crippen molar-refractivity contribution in [1.29, 1.82) is 0 Å². The fourth-order valence-electron chi connectivity index (χ4n) is 2.87. The average Bonchev–Trinajstić information content (AvgIpc) is 3.26. The minimum absolute atomic E-state index is 0.0198. The van der Waals surface area contributed by atoms with E-state index in [1.807, 2.05) is 24.9 Å². The molecule has 2 heterocycles. The summed E-state index contributed by atoms with van der Waals surface area (Å²) in [5.74, 6) is 0.936. The van der Waals surface area contributed by atoms with Crippen LogP contribution in [0.25, 0.3) is 11.1 Å². The van der Waals surface area contributed by atoms with Crippen LogP contribution in [0, 0.1) is 6.92 Å². The molecule has 3 rings (SSSR count). The molecule has 0 bridgehead atoms. The summed E-state index contributed by atoms with van der Waals surface area (Å²) >= 11 is 2.16. The minimum Gasteiger partial charge on any atom is -0.442 e. The number of halogens is 1. The second kappa shape index (κ2) is 8.64. The first kappa shape index (κ1) is 21.5. The molecule has 1 aliphatic rings. The van der Waals surface area contributed by atoms with Crippen LogP contribution in [0.1, 0.15) is 56.7 Å². The van der Waals surface area contributed by atoms with Crippen LogP contribution in [0.2, 0.25) is 0 Å². The van der Waals surface area contributed by atoms with Crippen LogP contribution < -0.4 is 10.6 Å². The van der Waals surface area contributed by atoms with Gasteiger partial charge in [-0.05, 0) is 57.1 Å². The second-order valence-electron chi connectivity index (χ2n) is 7.91. The van der Waals surface area contributed by atoms with Gasteiger partial charge in [0, 0.05) is 18.0 Å². The number of carbonyl (C=O) groups excluding carboxylic acids is 1. The normalized spacial score (nSPS) is 16.7. The molecule has 29 heavy (non-hydrogen) atoms. The predicted octanol–water partition coefficient (Wildman–Crippen LogP) is 4.93. The van der Waals surface area contributed by atoms with Gasteiger partial charge in [0.15, 0.2) is 0 Å². The molecular formula is C21H26IN5O2. The van der Waals surface area contributed by atoms with Crippen LogP contribution in [-0.2, 0) is 0 Å². The van der Waals surface area contributed by atoms with Crippen LogP contribution >= 0.6 is 22.6 Å². The number of nitrogens with zero attached hydrogens (tertiary/aromatic N) is 3. The van der Waals surface area contributed by atoms with E-state index in [4.69, 9.17) is 4.42 Å². The lowest BCUT2D eigenvalue weighted by Crippen LogP contribution is -2.34. The Bertz CT molecular complexity index is 1010. The first-order valence-corrected chi connectivity index (χ1v) is 10.8. The predicted molar refractivity (Wildman–Crippen MR) is 125 cm³/mol. The summed E-state index contributed by atoms with van der Waals surface area (Å²) in [6, 6.07) is -0.222. The number of anilines is 1. The van der Waals surface area contributed by atoms with Crippen molar-refractivity contribution in [2.45, 2.75) is 59.0 Å². The molecule has 0 aromatic carbocycles. The number of hydrogen-bond acceptors (Lipinski definition) is 6. The third-order valence-electron chi connectivity index (χ3n) is 4.84. The molecule has 8 heteroatoms. The molecule has 2 aromatic heterocycles. The molecule has 2 N–H and O–H groups in total. The summed E-state index contributed by atoms with van der Waals surface area (Å²) in [5, 5.41) is 7.11. The third-order valence-corrected chi connectivity index (χ3v) is 5.56. The molecule has 0 saturated heterocycles. The van der Waals surface area contributed by atoms with Gasteiger partial charge in [-0.15, -0.1) is 0 Å². The fourth-order valence-corrected chi connectivity index (χ4v) is 3.57. The highest BCUT2D eigenvalue weighted by atomic mass is 127. The van der Waals surface area contributed by atoms with E-state index in [9.17, 15) is 4.79 Å². The molecule has 0 spiro atoms. The molecule has 1 aliphatic carbocycles. The van der Waals surface area contributed by atoms with E-state index in [1.54, 1.807) is 19.3 Å². The highest BCUT2D eigenvalue weighted by molar-refractivity contribution is 14.1. The molecule has 1 unspecified atom stereocenters. The van der Waals surface area contributed by atoms with Crippen molar-refractivity contribution in [3.8, 4) is 0 Å². The number of rotatable bonds is 7. The molecule has 0 aliphatic heterocycles. The second-order valence-corrected chi connectivity index (χ2v) is 8.53. The molecule has 0 radical (unpaired) electrons. The first-order chi connectivity index (χ1) is 13.7. The molecule has 2 aromatic rings. The van der Waals surface area contributed by atoms with Crippen molar-refractivity contribution in [1.82, 2.24) is 15.3 Å². The molecule has 1 fully saturated rings. The Morgan fingerprint density at radius 3 is 2.72 bits per heavy atom. The number of hydrogen-bond donors (Lipinski definition) is 2. The Morgan fingerprint density at radius 2 is 2.10 bits per heavy atom. The van der Waals surface area contributed by atoms with E-state index in [0.717, 1.165) is 24.0 Å². The van der Waals surface area contributed by atoms with Crippen molar-refractivity contribution in [3.63, 3.8) is 0 Å². The SMILES string of the molecule is CC(C)=C/N=C\C(=C/I)C(C)NC(=O)c1c(C)oc2ncnc(NC3(C)CC3)c12. The summed E-state index contributed by atoms with van der Waals surface area (Å²) in [6.45, 7) is 9.81. The number of fused-ring (bicyclic) bond motifs is 1. The third kappa shape index (κ3) is 5.04. The van der Waals surface area contributed by atoms with E-state index < -0.39 is 0 Å². The molecule has 7 nitrogen and oxygen atoms in total. The largest absolute Gasteiger partial charge is 0.442 e. The van der Waals surface area contributed by atoms with E-state index in [0.29, 0.717) is 28.2 Å². The zero-order chi connectivity index (χ0) is 21.2. The van der Waals surface area contributed by atoms with Gasteiger partial charge in [-0.2, -0.15) is 0 Å².